The Morgan fingerprint density at radius 3 is 2.39 bits per heavy atom. The Balaban J connectivity index is 1.76. The normalized spacial score (nSPS) is 11.0. The highest BCUT2D eigenvalue weighted by Gasteiger charge is 2.04. The number of rotatable bonds is 3. The summed E-state index contributed by atoms with van der Waals surface area (Å²) in [5, 5.41) is 15.9. The van der Waals surface area contributed by atoms with Gasteiger partial charge in [-0.05, 0) is 42.0 Å². The summed E-state index contributed by atoms with van der Waals surface area (Å²) in [5.41, 5.74) is 4.64. The van der Waals surface area contributed by atoms with E-state index in [1.807, 2.05) is 49.4 Å². The first-order valence-corrected chi connectivity index (χ1v) is 7.25. The van der Waals surface area contributed by atoms with Crippen molar-refractivity contribution in [2.45, 2.75) is 6.92 Å². The van der Waals surface area contributed by atoms with Crippen LogP contribution in [0.5, 0.6) is 5.75 Å². The van der Waals surface area contributed by atoms with Crippen LogP contribution >= 0.6 is 0 Å². The monoisotopic (exact) mass is 304 g/mol. The van der Waals surface area contributed by atoms with Crippen LogP contribution in [0.4, 0.5) is 0 Å². The van der Waals surface area contributed by atoms with Crippen molar-refractivity contribution in [2.24, 2.45) is 5.10 Å². The van der Waals surface area contributed by atoms with Crippen molar-refractivity contribution in [3.63, 3.8) is 0 Å². The molecule has 0 aliphatic carbocycles. The summed E-state index contributed by atoms with van der Waals surface area (Å²) in [6.45, 7) is 1.96. The minimum Gasteiger partial charge on any atom is -0.507 e. The maximum absolute atomic E-state index is 12.0. The Bertz CT molecular complexity index is 884. The Labute approximate surface area is 134 Å². The first-order valence-electron chi connectivity index (χ1n) is 7.25. The van der Waals surface area contributed by atoms with Crippen LogP contribution in [0.3, 0.4) is 0 Å². The number of phenols is 1. The lowest BCUT2D eigenvalue weighted by atomic mass is 10.1. The van der Waals surface area contributed by atoms with Gasteiger partial charge < -0.3 is 5.11 Å². The highest BCUT2D eigenvalue weighted by atomic mass is 16.3. The molecular weight excluding hydrogens is 288 g/mol. The van der Waals surface area contributed by atoms with Crippen LogP contribution in [0, 0.1) is 6.92 Å². The average molecular weight is 304 g/mol. The molecule has 0 saturated carbocycles. The summed E-state index contributed by atoms with van der Waals surface area (Å²) in [6, 6.07) is 18.5. The first kappa shape index (κ1) is 14.8. The quantitative estimate of drug-likeness (QED) is 0.573. The topological polar surface area (TPSA) is 61.7 Å². The van der Waals surface area contributed by atoms with Crippen molar-refractivity contribution in [1.29, 1.82) is 0 Å². The number of aryl methyl sites for hydroxylation is 1. The second kappa shape index (κ2) is 6.32. The van der Waals surface area contributed by atoms with Gasteiger partial charge in [-0.1, -0.05) is 42.0 Å². The van der Waals surface area contributed by atoms with Crippen LogP contribution in [0.15, 0.2) is 65.8 Å². The third kappa shape index (κ3) is 3.37. The first-order chi connectivity index (χ1) is 11.1. The van der Waals surface area contributed by atoms with Crippen molar-refractivity contribution in [2.75, 3.05) is 0 Å². The largest absolute Gasteiger partial charge is 0.507 e. The molecule has 4 heteroatoms. The summed E-state index contributed by atoms with van der Waals surface area (Å²) in [7, 11) is 0. The number of aromatic hydroxyl groups is 1. The van der Waals surface area contributed by atoms with Crippen LogP contribution in [0.2, 0.25) is 0 Å². The van der Waals surface area contributed by atoms with E-state index in [1.54, 1.807) is 18.2 Å². The molecule has 2 N–H and O–H groups in total. The fourth-order valence-corrected chi connectivity index (χ4v) is 2.28. The summed E-state index contributed by atoms with van der Waals surface area (Å²) >= 11 is 0. The third-order valence-corrected chi connectivity index (χ3v) is 3.58. The number of amides is 1. The maximum Gasteiger partial charge on any atom is 0.271 e. The van der Waals surface area contributed by atoms with E-state index < -0.39 is 0 Å². The minimum absolute atomic E-state index is 0.122. The van der Waals surface area contributed by atoms with Gasteiger partial charge in [-0.25, -0.2) is 5.43 Å². The molecule has 0 heterocycles. The molecule has 0 aliphatic heterocycles. The number of hydrogen-bond acceptors (Lipinski definition) is 3. The van der Waals surface area contributed by atoms with Gasteiger partial charge in [-0.2, -0.15) is 5.10 Å². The van der Waals surface area contributed by atoms with E-state index >= 15 is 0 Å². The molecule has 0 bridgehead atoms. The zero-order valence-corrected chi connectivity index (χ0v) is 12.7. The smallest absolute Gasteiger partial charge is 0.271 e. The molecule has 1 amide bonds. The molecule has 23 heavy (non-hydrogen) atoms. The molecule has 0 saturated heterocycles. The van der Waals surface area contributed by atoms with E-state index in [1.165, 1.54) is 6.21 Å². The van der Waals surface area contributed by atoms with Gasteiger partial charge in [-0.15, -0.1) is 0 Å². The van der Waals surface area contributed by atoms with Gasteiger partial charge in [0, 0.05) is 11.1 Å². The van der Waals surface area contributed by atoms with E-state index in [0.717, 1.165) is 16.3 Å². The van der Waals surface area contributed by atoms with Crippen molar-refractivity contribution >= 4 is 22.9 Å². The summed E-state index contributed by atoms with van der Waals surface area (Å²) < 4.78 is 0. The Morgan fingerprint density at radius 1 is 1.04 bits per heavy atom. The molecule has 3 aromatic carbocycles. The molecule has 114 valence electrons. The van der Waals surface area contributed by atoms with Gasteiger partial charge >= 0.3 is 0 Å². The van der Waals surface area contributed by atoms with E-state index in [9.17, 15) is 9.90 Å². The van der Waals surface area contributed by atoms with Crippen LogP contribution in [-0.2, 0) is 0 Å². The fourth-order valence-electron chi connectivity index (χ4n) is 2.28. The second-order valence-electron chi connectivity index (χ2n) is 5.32. The van der Waals surface area contributed by atoms with Crippen LogP contribution in [-0.4, -0.2) is 17.2 Å². The van der Waals surface area contributed by atoms with Crippen molar-refractivity contribution in [3.8, 4) is 5.75 Å². The van der Waals surface area contributed by atoms with Crippen molar-refractivity contribution < 1.29 is 9.90 Å². The predicted octanol–water partition coefficient (Wildman–Crippen LogP) is 3.62. The fraction of sp³-hybridized carbons (Fsp3) is 0.0526. The highest BCUT2D eigenvalue weighted by molar-refractivity contribution is 5.96. The molecule has 0 radical (unpaired) electrons. The zero-order valence-electron chi connectivity index (χ0n) is 12.7. The standard InChI is InChI=1S/C19H16N2O2/c1-13-6-8-14(9-7-13)19(23)21-20-12-17-10-15-4-2-3-5-16(15)11-18(17)22/h2-12,22H,1H3,(H,21,23)/b20-12+. The van der Waals surface area contributed by atoms with Crippen LogP contribution in [0.1, 0.15) is 21.5 Å². The number of nitrogens with zero attached hydrogens (tertiary/aromatic N) is 1. The number of phenolic OH excluding ortho intramolecular Hbond substituents is 1. The van der Waals surface area contributed by atoms with E-state index in [-0.39, 0.29) is 11.7 Å². The average Bonchev–Trinajstić information content (AvgIpc) is 2.56. The predicted molar refractivity (Wildman–Crippen MR) is 91.9 cm³/mol. The number of hydrazone groups is 1. The summed E-state index contributed by atoms with van der Waals surface area (Å²) in [6.07, 6.45) is 1.44. The zero-order chi connectivity index (χ0) is 16.2. The van der Waals surface area contributed by atoms with E-state index in [0.29, 0.717) is 11.1 Å². The molecule has 0 unspecified atom stereocenters. The van der Waals surface area contributed by atoms with Gasteiger partial charge in [0.25, 0.3) is 5.91 Å². The lowest BCUT2D eigenvalue weighted by molar-refractivity contribution is 0.0955. The van der Waals surface area contributed by atoms with Gasteiger partial charge in [-0.3, -0.25) is 4.79 Å². The van der Waals surface area contributed by atoms with Gasteiger partial charge in [0.05, 0.1) is 6.21 Å². The molecular formula is C19H16N2O2. The van der Waals surface area contributed by atoms with E-state index in [2.05, 4.69) is 10.5 Å². The molecule has 0 spiro atoms. The number of carbonyl (C=O) groups excluding carboxylic acids is 1. The SMILES string of the molecule is Cc1ccc(C(=O)N/N=C/c2cc3ccccc3cc2O)cc1. The third-order valence-electron chi connectivity index (χ3n) is 3.58. The number of carbonyl (C=O) groups is 1. The van der Waals surface area contributed by atoms with Crippen LogP contribution in [0.25, 0.3) is 10.8 Å². The molecule has 0 aliphatic rings. The van der Waals surface area contributed by atoms with Crippen molar-refractivity contribution in [3.05, 3.63) is 77.4 Å². The molecule has 4 nitrogen and oxygen atoms in total. The molecule has 0 fully saturated rings. The molecule has 0 atom stereocenters. The van der Waals surface area contributed by atoms with E-state index in [4.69, 9.17) is 0 Å². The molecule has 0 aromatic heterocycles. The Hall–Kier alpha value is -3.14. The van der Waals surface area contributed by atoms with Crippen molar-refractivity contribution in [1.82, 2.24) is 5.43 Å². The lowest BCUT2D eigenvalue weighted by Crippen LogP contribution is -2.17. The van der Waals surface area contributed by atoms with Gasteiger partial charge in [0.2, 0.25) is 0 Å². The lowest BCUT2D eigenvalue weighted by Gasteiger charge is -2.03. The Morgan fingerprint density at radius 2 is 1.70 bits per heavy atom. The highest BCUT2D eigenvalue weighted by Crippen LogP contribution is 2.23. The van der Waals surface area contributed by atoms with Gasteiger partial charge in [0.15, 0.2) is 0 Å². The summed E-state index contributed by atoms with van der Waals surface area (Å²) in [4.78, 5) is 12.0. The van der Waals surface area contributed by atoms with Gasteiger partial charge in [0.1, 0.15) is 5.75 Å². The number of hydrogen-bond donors (Lipinski definition) is 2. The molecule has 3 rings (SSSR count). The Kier molecular flexibility index (Phi) is 4.06. The number of fused-ring (bicyclic) bond motifs is 1. The number of nitrogens with one attached hydrogen (secondary N) is 1. The van der Waals surface area contributed by atoms with Crippen LogP contribution < -0.4 is 5.43 Å². The molecule has 3 aromatic rings. The maximum atomic E-state index is 12.0. The number of benzene rings is 3. The summed E-state index contributed by atoms with van der Waals surface area (Å²) in [5.74, 6) is -0.168. The second-order valence-corrected chi connectivity index (χ2v) is 5.32. The minimum atomic E-state index is -0.290.